The highest BCUT2D eigenvalue weighted by Crippen LogP contribution is 2.26. The van der Waals surface area contributed by atoms with E-state index >= 15 is 0 Å². The van der Waals surface area contributed by atoms with Crippen molar-refractivity contribution in [2.75, 3.05) is 7.05 Å². The molecule has 0 spiro atoms. The van der Waals surface area contributed by atoms with E-state index in [9.17, 15) is 4.79 Å². The van der Waals surface area contributed by atoms with Gasteiger partial charge in [0, 0.05) is 12.4 Å². The highest BCUT2D eigenvalue weighted by Gasteiger charge is 2.23. The lowest BCUT2D eigenvalue weighted by Crippen LogP contribution is -2.42. The zero-order valence-electron chi connectivity index (χ0n) is 12.0. The number of amides is 1. The molecule has 0 aliphatic rings. The fourth-order valence-electron chi connectivity index (χ4n) is 2.03. The highest BCUT2D eigenvalue weighted by atomic mass is 35.5. The minimum absolute atomic E-state index is 0. The van der Waals surface area contributed by atoms with Gasteiger partial charge in [0.15, 0.2) is 0 Å². The molecule has 0 radical (unpaired) electrons. The van der Waals surface area contributed by atoms with E-state index < -0.39 is 6.04 Å². The Morgan fingerprint density at radius 1 is 1.40 bits per heavy atom. The van der Waals surface area contributed by atoms with E-state index in [0.717, 1.165) is 16.7 Å². The molecule has 0 aliphatic heterocycles. The monoisotopic (exact) mass is 296 g/mol. The molecule has 2 atom stereocenters. The predicted octanol–water partition coefficient (Wildman–Crippen LogP) is 3.11. The molecule has 110 valence electrons. The molecule has 2 rings (SSSR count). The molecular weight excluding hydrogens is 276 g/mol. The van der Waals surface area contributed by atoms with Crippen LogP contribution >= 0.6 is 12.4 Å². The fraction of sp³-hybridized carbons (Fsp3) is 0.400. The molecule has 1 unspecified atom stereocenters. The Bertz CT molecular complexity index is 549. The Kier molecular flexibility index (Phi) is 5.60. The minimum Gasteiger partial charge on any atom is -0.459 e. The SMILES string of the molecule is CC[C@H](N)C(=O)N(C)C(C)c1cc2ccccc2o1.Cl. The summed E-state index contributed by atoms with van der Waals surface area (Å²) in [6.45, 7) is 3.85. The minimum atomic E-state index is -0.447. The molecule has 1 amide bonds. The standard InChI is InChI=1S/C15H20N2O2.ClH/c1-4-12(16)15(18)17(3)10(2)14-9-11-7-5-6-8-13(11)19-14;/h5-10,12H,4,16H2,1-3H3;1H/t10?,12-;/m0./s1. The van der Waals surface area contributed by atoms with Crippen LogP contribution in [0.1, 0.15) is 32.1 Å². The van der Waals surface area contributed by atoms with Crippen LogP contribution in [0.2, 0.25) is 0 Å². The van der Waals surface area contributed by atoms with Gasteiger partial charge in [-0.05, 0) is 25.5 Å². The molecule has 1 aromatic heterocycles. The van der Waals surface area contributed by atoms with Crippen molar-refractivity contribution in [3.05, 3.63) is 36.1 Å². The van der Waals surface area contributed by atoms with E-state index in [1.165, 1.54) is 0 Å². The maximum atomic E-state index is 12.1. The molecule has 4 nitrogen and oxygen atoms in total. The molecule has 2 aromatic rings. The smallest absolute Gasteiger partial charge is 0.239 e. The van der Waals surface area contributed by atoms with Gasteiger partial charge in [0.1, 0.15) is 11.3 Å². The summed E-state index contributed by atoms with van der Waals surface area (Å²) >= 11 is 0. The van der Waals surface area contributed by atoms with Crippen molar-refractivity contribution in [2.24, 2.45) is 5.73 Å². The first-order valence-corrected chi connectivity index (χ1v) is 6.55. The van der Waals surface area contributed by atoms with E-state index in [2.05, 4.69) is 0 Å². The summed E-state index contributed by atoms with van der Waals surface area (Å²) in [5.41, 5.74) is 6.62. The second-order valence-corrected chi connectivity index (χ2v) is 4.83. The van der Waals surface area contributed by atoms with Crippen molar-refractivity contribution in [3.8, 4) is 0 Å². The number of furan rings is 1. The molecule has 2 N–H and O–H groups in total. The van der Waals surface area contributed by atoms with Gasteiger partial charge in [-0.1, -0.05) is 25.1 Å². The first-order valence-electron chi connectivity index (χ1n) is 6.55. The van der Waals surface area contributed by atoms with Gasteiger partial charge in [-0.25, -0.2) is 0 Å². The second-order valence-electron chi connectivity index (χ2n) is 4.83. The van der Waals surface area contributed by atoms with Gasteiger partial charge in [0.05, 0.1) is 12.1 Å². The average Bonchev–Trinajstić information content (AvgIpc) is 2.87. The van der Waals surface area contributed by atoms with Gasteiger partial charge < -0.3 is 15.1 Å². The van der Waals surface area contributed by atoms with E-state index in [1.54, 1.807) is 11.9 Å². The zero-order chi connectivity index (χ0) is 14.0. The quantitative estimate of drug-likeness (QED) is 0.943. The summed E-state index contributed by atoms with van der Waals surface area (Å²) in [4.78, 5) is 13.7. The Hall–Kier alpha value is -1.52. The molecule has 1 aromatic carbocycles. The molecular formula is C15H21ClN2O2. The van der Waals surface area contributed by atoms with E-state index in [1.807, 2.05) is 44.2 Å². The van der Waals surface area contributed by atoms with Gasteiger partial charge in [0.25, 0.3) is 0 Å². The zero-order valence-corrected chi connectivity index (χ0v) is 12.8. The topological polar surface area (TPSA) is 59.5 Å². The lowest BCUT2D eigenvalue weighted by atomic mass is 10.1. The third-order valence-electron chi connectivity index (χ3n) is 3.54. The number of carbonyl (C=O) groups is 1. The lowest BCUT2D eigenvalue weighted by Gasteiger charge is -2.25. The summed E-state index contributed by atoms with van der Waals surface area (Å²) in [6.07, 6.45) is 0.635. The lowest BCUT2D eigenvalue weighted by molar-refractivity contribution is -0.133. The third kappa shape index (κ3) is 3.14. The molecule has 0 bridgehead atoms. The van der Waals surface area contributed by atoms with Crippen molar-refractivity contribution in [1.82, 2.24) is 4.90 Å². The van der Waals surface area contributed by atoms with Crippen LogP contribution in [-0.2, 0) is 4.79 Å². The Morgan fingerprint density at radius 2 is 2.05 bits per heavy atom. The third-order valence-corrected chi connectivity index (χ3v) is 3.54. The molecule has 5 heteroatoms. The van der Waals surface area contributed by atoms with Gasteiger partial charge in [-0.15, -0.1) is 12.4 Å². The van der Waals surface area contributed by atoms with Crippen molar-refractivity contribution in [2.45, 2.75) is 32.4 Å². The van der Waals surface area contributed by atoms with Crippen LogP contribution < -0.4 is 5.73 Å². The molecule has 0 saturated heterocycles. The van der Waals surface area contributed by atoms with Crippen molar-refractivity contribution < 1.29 is 9.21 Å². The van der Waals surface area contributed by atoms with Gasteiger partial charge in [-0.2, -0.15) is 0 Å². The van der Waals surface area contributed by atoms with Crippen LogP contribution in [0.15, 0.2) is 34.7 Å². The molecule has 0 saturated carbocycles. The van der Waals surface area contributed by atoms with Crippen molar-refractivity contribution >= 4 is 29.3 Å². The van der Waals surface area contributed by atoms with Gasteiger partial charge in [0.2, 0.25) is 5.91 Å². The molecule has 1 heterocycles. The van der Waals surface area contributed by atoms with Crippen LogP contribution in [0, 0.1) is 0 Å². The Balaban J connectivity index is 0.00000200. The average molecular weight is 297 g/mol. The number of nitrogens with zero attached hydrogens (tertiary/aromatic N) is 1. The summed E-state index contributed by atoms with van der Waals surface area (Å²) in [5, 5.41) is 1.05. The number of likely N-dealkylation sites (N-methyl/N-ethyl adjacent to an activating group) is 1. The first kappa shape index (κ1) is 16.5. The van der Waals surface area contributed by atoms with Crippen LogP contribution in [0.3, 0.4) is 0 Å². The summed E-state index contributed by atoms with van der Waals surface area (Å²) < 4.78 is 5.78. The van der Waals surface area contributed by atoms with Crippen LogP contribution in [0.5, 0.6) is 0 Å². The number of benzene rings is 1. The largest absolute Gasteiger partial charge is 0.459 e. The molecule has 20 heavy (non-hydrogen) atoms. The van der Waals surface area contributed by atoms with Gasteiger partial charge >= 0.3 is 0 Å². The summed E-state index contributed by atoms with van der Waals surface area (Å²) in [6, 6.07) is 9.21. The molecule has 0 fully saturated rings. The van der Waals surface area contributed by atoms with Crippen molar-refractivity contribution in [3.63, 3.8) is 0 Å². The number of hydrogen-bond acceptors (Lipinski definition) is 3. The Labute approximate surface area is 125 Å². The maximum absolute atomic E-state index is 12.1. The van der Waals surface area contributed by atoms with Crippen LogP contribution in [0.25, 0.3) is 11.0 Å². The summed E-state index contributed by atoms with van der Waals surface area (Å²) in [5.74, 6) is 0.718. The number of carbonyl (C=O) groups excluding carboxylic acids is 1. The first-order chi connectivity index (χ1) is 9.04. The highest BCUT2D eigenvalue weighted by molar-refractivity contribution is 5.85. The van der Waals surface area contributed by atoms with Crippen LogP contribution in [0.4, 0.5) is 0 Å². The van der Waals surface area contributed by atoms with Crippen molar-refractivity contribution in [1.29, 1.82) is 0 Å². The van der Waals surface area contributed by atoms with E-state index in [4.69, 9.17) is 10.2 Å². The molecule has 0 aliphatic carbocycles. The Morgan fingerprint density at radius 3 is 2.65 bits per heavy atom. The fourth-order valence-corrected chi connectivity index (χ4v) is 2.03. The number of rotatable bonds is 4. The normalized spacial score (nSPS) is 13.6. The van der Waals surface area contributed by atoms with Gasteiger partial charge in [-0.3, -0.25) is 4.79 Å². The second kappa shape index (κ2) is 6.77. The number of para-hydroxylation sites is 1. The number of halogens is 1. The number of fused-ring (bicyclic) bond motifs is 1. The summed E-state index contributed by atoms with van der Waals surface area (Å²) in [7, 11) is 1.76. The van der Waals surface area contributed by atoms with E-state index in [0.29, 0.717) is 6.42 Å². The number of hydrogen-bond donors (Lipinski definition) is 1. The maximum Gasteiger partial charge on any atom is 0.239 e. The number of nitrogens with two attached hydrogens (primary N) is 1. The van der Waals surface area contributed by atoms with E-state index in [-0.39, 0.29) is 24.4 Å². The van der Waals surface area contributed by atoms with Crippen LogP contribution in [-0.4, -0.2) is 23.9 Å². The predicted molar refractivity (Wildman–Crippen MR) is 82.9 cm³/mol.